The minimum absolute atomic E-state index is 0.361. The summed E-state index contributed by atoms with van der Waals surface area (Å²) in [5.41, 5.74) is 3.90. The molecule has 2 atom stereocenters. The van der Waals surface area contributed by atoms with Crippen molar-refractivity contribution in [2.24, 2.45) is 0 Å². The van der Waals surface area contributed by atoms with Crippen LogP contribution in [0.2, 0.25) is 0 Å². The van der Waals surface area contributed by atoms with E-state index in [1.54, 1.807) is 11.8 Å². The highest BCUT2D eigenvalue weighted by atomic mass is 32.2. The molecule has 2 aromatic rings. The lowest BCUT2D eigenvalue weighted by Gasteiger charge is -2.30. The van der Waals surface area contributed by atoms with Crippen molar-refractivity contribution < 1.29 is 9.90 Å². The second kappa shape index (κ2) is 6.35. The number of carbonyl (C=O) groups is 1. The fourth-order valence-corrected chi connectivity index (χ4v) is 4.00. The van der Waals surface area contributed by atoms with E-state index in [0.29, 0.717) is 12.3 Å². The zero-order valence-electron chi connectivity index (χ0n) is 11.7. The quantitative estimate of drug-likeness (QED) is 0.882. The molecular formula is C18H18O2S. The zero-order chi connectivity index (χ0) is 14.7. The lowest BCUT2D eigenvalue weighted by atomic mass is 9.79. The standard InChI is InChI=1S/C18H18O2S/c19-18(20)17(10-13-6-2-1-3-7-13)21-12-15-11-14-8-4-5-9-16(14)15/h1-9,15,17H,10-12H2,(H,19,20). The van der Waals surface area contributed by atoms with Gasteiger partial charge in [0.2, 0.25) is 0 Å². The van der Waals surface area contributed by atoms with Crippen molar-refractivity contribution in [3.63, 3.8) is 0 Å². The minimum Gasteiger partial charge on any atom is -0.480 e. The highest BCUT2D eigenvalue weighted by molar-refractivity contribution is 8.00. The second-order valence-corrected chi connectivity index (χ2v) is 6.69. The van der Waals surface area contributed by atoms with Crippen LogP contribution in [-0.4, -0.2) is 22.1 Å². The summed E-state index contributed by atoms with van der Waals surface area (Å²) in [5.74, 6) is 0.696. The Labute approximate surface area is 129 Å². The fourth-order valence-electron chi connectivity index (χ4n) is 2.79. The van der Waals surface area contributed by atoms with Crippen LogP contribution in [0.15, 0.2) is 54.6 Å². The molecule has 0 saturated carbocycles. The van der Waals surface area contributed by atoms with Crippen LogP contribution < -0.4 is 0 Å². The molecule has 2 unspecified atom stereocenters. The summed E-state index contributed by atoms with van der Waals surface area (Å²) >= 11 is 1.57. The summed E-state index contributed by atoms with van der Waals surface area (Å²) in [5, 5.41) is 9.05. The van der Waals surface area contributed by atoms with Crippen molar-refractivity contribution in [2.75, 3.05) is 5.75 Å². The molecule has 3 rings (SSSR count). The first kappa shape index (κ1) is 14.2. The first-order chi connectivity index (χ1) is 10.2. The maximum Gasteiger partial charge on any atom is 0.316 e. The molecule has 108 valence electrons. The van der Waals surface area contributed by atoms with Crippen LogP contribution in [0.1, 0.15) is 22.6 Å². The largest absolute Gasteiger partial charge is 0.480 e. The van der Waals surface area contributed by atoms with E-state index in [0.717, 1.165) is 17.7 Å². The Morgan fingerprint density at radius 2 is 1.86 bits per heavy atom. The van der Waals surface area contributed by atoms with Crippen LogP contribution >= 0.6 is 11.8 Å². The third-order valence-corrected chi connectivity index (χ3v) is 5.36. The Bertz CT molecular complexity index is 624. The molecule has 0 radical (unpaired) electrons. The lowest BCUT2D eigenvalue weighted by Crippen LogP contribution is -2.24. The molecule has 1 aliphatic rings. The second-order valence-electron chi connectivity index (χ2n) is 5.45. The van der Waals surface area contributed by atoms with Gasteiger partial charge in [-0.1, -0.05) is 54.6 Å². The molecule has 0 fully saturated rings. The molecule has 0 heterocycles. The number of hydrogen-bond acceptors (Lipinski definition) is 2. The Morgan fingerprint density at radius 1 is 1.14 bits per heavy atom. The van der Waals surface area contributed by atoms with Crippen LogP contribution in [0.3, 0.4) is 0 Å². The summed E-state index contributed by atoms with van der Waals surface area (Å²) in [6, 6.07) is 18.3. The highest BCUT2D eigenvalue weighted by Gasteiger charge is 2.28. The number of benzene rings is 2. The molecule has 2 nitrogen and oxygen atoms in total. The van der Waals surface area contributed by atoms with Gasteiger partial charge >= 0.3 is 5.97 Å². The van der Waals surface area contributed by atoms with E-state index >= 15 is 0 Å². The van der Waals surface area contributed by atoms with Gasteiger partial charge in [-0.15, -0.1) is 11.8 Å². The Balaban J connectivity index is 1.58. The number of fused-ring (bicyclic) bond motifs is 1. The molecule has 0 bridgehead atoms. The van der Waals surface area contributed by atoms with Gasteiger partial charge in [-0.3, -0.25) is 4.79 Å². The molecular weight excluding hydrogens is 280 g/mol. The summed E-state index contributed by atoms with van der Waals surface area (Å²) < 4.78 is 0. The highest BCUT2D eigenvalue weighted by Crippen LogP contribution is 2.38. The maximum absolute atomic E-state index is 11.4. The van der Waals surface area contributed by atoms with Crippen molar-refractivity contribution in [3.05, 3.63) is 71.3 Å². The molecule has 0 aromatic heterocycles. The number of carboxylic acid groups (broad SMARTS) is 1. The molecule has 0 aliphatic heterocycles. The van der Waals surface area contributed by atoms with Gasteiger partial charge in [0, 0.05) is 5.75 Å². The molecule has 0 saturated heterocycles. The van der Waals surface area contributed by atoms with Crippen LogP contribution in [0.25, 0.3) is 0 Å². The Morgan fingerprint density at radius 3 is 2.57 bits per heavy atom. The van der Waals surface area contributed by atoms with Gasteiger partial charge in [-0.2, -0.15) is 0 Å². The molecule has 2 aromatic carbocycles. The molecule has 21 heavy (non-hydrogen) atoms. The topological polar surface area (TPSA) is 37.3 Å². The first-order valence-electron chi connectivity index (χ1n) is 7.20. The van der Waals surface area contributed by atoms with Crippen LogP contribution in [-0.2, 0) is 17.6 Å². The SMILES string of the molecule is O=C(O)C(Cc1ccccc1)SCC1Cc2ccccc21. The van der Waals surface area contributed by atoms with Crippen LogP contribution in [0.5, 0.6) is 0 Å². The van der Waals surface area contributed by atoms with Gasteiger partial charge in [0.1, 0.15) is 5.25 Å². The van der Waals surface area contributed by atoms with Crippen molar-refractivity contribution >= 4 is 17.7 Å². The number of rotatable bonds is 6. The van der Waals surface area contributed by atoms with Crippen molar-refractivity contribution in [3.8, 4) is 0 Å². The van der Waals surface area contributed by atoms with Crippen molar-refractivity contribution in [2.45, 2.75) is 24.0 Å². The van der Waals surface area contributed by atoms with Gasteiger partial charge in [0.25, 0.3) is 0 Å². The summed E-state index contributed by atoms with van der Waals surface area (Å²) in [6.07, 6.45) is 1.68. The molecule has 0 spiro atoms. The van der Waals surface area contributed by atoms with E-state index in [1.165, 1.54) is 11.1 Å². The Hall–Kier alpha value is -1.74. The van der Waals surface area contributed by atoms with Crippen molar-refractivity contribution in [1.82, 2.24) is 0 Å². The van der Waals surface area contributed by atoms with Gasteiger partial charge in [0.05, 0.1) is 0 Å². The average Bonchev–Trinajstić information content (AvgIpc) is 2.48. The predicted octanol–water partition coefficient (Wildman–Crippen LogP) is 3.76. The summed E-state index contributed by atoms with van der Waals surface area (Å²) in [4.78, 5) is 11.4. The number of thioether (sulfide) groups is 1. The predicted molar refractivity (Wildman–Crippen MR) is 86.9 cm³/mol. The van der Waals surface area contributed by atoms with E-state index in [4.69, 9.17) is 0 Å². The number of aliphatic carboxylic acids is 1. The zero-order valence-corrected chi connectivity index (χ0v) is 12.6. The fraction of sp³-hybridized carbons (Fsp3) is 0.278. The van der Waals surface area contributed by atoms with Gasteiger partial charge < -0.3 is 5.11 Å². The number of carboxylic acids is 1. The van der Waals surface area contributed by atoms with E-state index in [1.807, 2.05) is 30.3 Å². The monoisotopic (exact) mass is 298 g/mol. The van der Waals surface area contributed by atoms with Crippen molar-refractivity contribution in [1.29, 1.82) is 0 Å². The van der Waals surface area contributed by atoms with E-state index in [-0.39, 0.29) is 5.25 Å². The molecule has 1 aliphatic carbocycles. The maximum atomic E-state index is 11.4. The van der Waals surface area contributed by atoms with E-state index < -0.39 is 5.97 Å². The van der Waals surface area contributed by atoms with E-state index in [9.17, 15) is 9.90 Å². The van der Waals surface area contributed by atoms with Crippen LogP contribution in [0.4, 0.5) is 0 Å². The summed E-state index contributed by atoms with van der Waals surface area (Å²) in [6.45, 7) is 0. The smallest absolute Gasteiger partial charge is 0.316 e. The van der Waals surface area contributed by atoms with Gasteiger partial charge in [-0.25, -0.2) is 0 Å². The molecule has 3 heteroatoms. The summed E-state index contributed by atoms with van der Waals surface area (Å²) in [7, 11) is 0. The normalized spacial score (nSPS) is 17.6. The number of hydrogen-bond donors (Lipinski definition) is 1. The van der Waals surface area contributed by atoms with Gasteiger partial charge in [0.15, 0.2) is 0 Å². The average molecular weight is 298 g/mol. The first-order valence-corrected chi connectivity index (χ1v) is 8.25. The lowest BCUT2D eigenvalue weighted by molar-refractivity contribution is -0.136. The minimum atomic E-state index is -0.712. The van der Waals surface area contributed by atoms with E-state index in [2.05, 4.69) is 24.3 Å². The van der Waals surface area contributed by atoms with Crippen LogP contribution in [0, 0.1) is 0 Å². The molecule has 1 N–H and O–H groups in total. The van der Waals surface area contributed by atoms with Gasteiger partial charge in [-0.05, 0) is 35.4 Å². The third-order valence-electron chi connectivity index (χ3n) is 4.00. The third kappa shape index (κ3) is 3.30. The Kier molecular flexibility index (Phi) is 4.30. The molecule has 0 amide bonds.